The number of nitrogens with one attached hydrogen (secondary N) is 2. The van der Waals surface area contributed by atoms with Crippen LogP contribution in [0.2, 0.25) is 0 Å². The number of amides is 1. The lowest BCUT2D eigenvalue weighted by Gasteiger charge is -2.23. The zero-order chi connectivity index (χ0) is 22.0. The van der Waals surface area contributed by atoms with Gasteiger partial charge in [0, 0.05) is 30.1 Å². The van der Waals surface area contributed by atoms with Crippen molar-refractivity contribution in [3.8, 4) is 5.75 Å². The van der Waals surface area contributed by atoms with Gasteiger partial charge in [-0.2, -0.15) is 0 Å². The number of benzene rings is 1. The fourth-order valence-electron chi connectivity index (χ4n) is 2.22. The Bertz CT molecular complexity index is 686. The van der Waals surface area contributed by atoms with Crippen molar-refractivity contribution in [1.82, 2.24) is 5.32 Å². The van der Waals surface area contributed by atoms with Crippen LogP contribution in [-0.4, -0.2) is 53.3 Å². The van der Waals surface area contributed by atoms with Gasteiger partial charge in [0.15, 0.2) is 0 Å². The van der Waals surface area contributed by atoms with Crippen LogP contribution in [0.3, 0.4) is 0 Å². The van der Waals surface area contributed by atoms with Crippen molar-refractivity contribution in [2.24, 2.45) is 5.92 Å². The van der Waals surface area contributed by atoms with E-state index in [0.29, 0.717) is 18.0 Å². The monoisotopic (exact) mass is 411 g/mol. The molecule has 0 spiro atoms. The zero-order valence-corrected chi connectivity index (χ0v) is 17.1. The summed E-state index contributed by atoms with van der Waals surface area (Å²) in [5.41, 5.74) is 0.382. The average molecular weight is 411 g/mol. The summed E-state index contributed by atoms with van der Waals surface area (Å²) in [5, 5.41) is 25.0. The number of ketones is 1. The summed E-state index contributed by atoms with van der Waals surface area (Å²) in [5.74, 6) is -1.20. The number of carbonyl (C=O) groups excluding carboxylic acids is 2. The second-order valence-corrected chi connectivity index (χ2v) is 7.70. The maximum absolute atomic E-state index is 12.1. The first-order chi connectivity index (χ1) is 13.5. The van der Waals surface area contributed by atoms with Crippen LogP contribution in [-0.2, 0) is 14.4 Å². The third-order valence-corrected chi connectivity index (χ3v) is 3.84. The van der Waals surface area contributed by atoms with Crippen molar-refractivity contribution in [3.63, 3.8) is 0 Å². The normalized spacial score (nSPS) is 13.3. The van der Waals surface area contributed by atoms with Crippen LogP contribution in [0.25, 0.3) is 0 Å². The van der Waals surface area contributed by atoms with Crippen LogP contribution in [0.15, 0.2) is 24.3 Å². The predicted molar refractivity (Wildman–Crippen MR) is 106 cm³/mol. The molecule has 0 aliphatic carbocycles. The number of Topliss-reactive ketones (excluding diaryl/α,β-unsaturated/α-hetero) is 1. The highest BCUT2D eigenvalue weighted by atomic mass is 16.9. The molecule has 0 radical (unpaired) electrons. The van der Waals surface area contributed by atoms with E-state index in [1.165, 1.54) is 6.92 Å². The molecular formula is C19H29N3O7. The van der Waals surface area contributed by atoms with Crippen LogP contribution >= 0.6 is 0 Å². The van der Waals surface area contributed by atoms with E-state index >= 15 is 0 Å². The molecular weight excluding hydrogens is 382 g/mol. The van der Waals surface area contributed by atoms with Crippen molar-refractivity contribution >= 4 is 17.4 Å². The molecule has 3 N–H and O–H groups in total. The van der Waals surface area contributed by atoms with Crippen LogP contribution < -0.4 is 15.4 Å². The van der Waals surface area contributed by atoms with Gasteiger partial charge in [0.25, 0.3) is 5.09 Å². The number of β-amino-alcohol motifs (C(OH)–C–C–N with tert-alkyl or cyclic N) is 1. The molecule has 1 aromatic rings. The molecule has 0 bridgehead atoms. The standard InChI is InChI=1S/C19H29N3O7/c1-13(23)14(11-29-22(26)27)9-18(25)21-15-5-7-17(8-6-15)28-12-16(24)10-20-19(2,3)4/h5-8,14,16,20,24H,9-12H2,1-4H3,(H,21,25). The summed E-state index contributed by atoms with van der Waals surface area (Å²) in [6.45, 7) is 7.30. The van der Waals surface area contributed by atoms with Crippen molar-refractivity contribution in [3.05, 3.63) is 34.4 Å². The maximum atomic E-state index is 12.1. The first-order valence-electron chi connectivity index (χ1n) is 9.20. The van der Waals surface area contributed by atoms with Gasteiger partial charge in [-0.05, 0) is 52.0 Å². The summed E-state index contributed by atoms with van der Waals surface area (Å²) >= 11 is 0. The van der Waals surface area contributed by atoms with Crippen molar-refractivity contribution in [2.45, 2.75) is 45.8 Å². The van der Waals surface area contributed by atoms with E-state index in [9.17, 15) is 24.8 Å². The van der Waals surface area contributed by atoms with Gasteiger partial charge in [-0.15, -0.1) is 10.1 Å². The van der Waals surface area contributed by atoms with E-state index < -0.39 is 29.6 Å². The molecule has 1 aromatic carbocycles. The van der Waals surface area contributed by atoms with Crippen molar-refractivity contribution in [2.75, 3.05) is 25.1 Å². The number of hydrogen-bond donors (Lipinski definition) is 3. The number of ether oxygens (including phenoxy) is 1. The molecule has 1 rings (SSSR count). The van der Waals surface area contributed by atoms with Crippen molar-refractivity contribution in [1.29, 1.82) is 0 Å². The number of rotatable bonds is 12. The molecule has 0 fully saturated rings. The number of carbonyl (C=O) groups is 2. The average Bonchev–Trinajstić information content (AvgIpc) is 2.61. The molecule has 10 nitrogen and oxygen atoms in total. The van der Waals surface area contributed by atoms with Gasteiger partial charge >= 0.3 is 0 Å². The second-order valence-electron chi connectivity index (χ2n) is 7.70. The van der Waals surface area contributed by atoms with Gasteiger partial charge in [-0.3, -0.25) is 9.59 Å². The van der Waals surface area contributed by atoms with E-state index in [-0.39, 0.29) is 24.3 Å². The van der Waals surface area contributed by atoms with Gasteiger partial charge in [-0.1, -0.05) is 0 Å². The van der Waals surface area contributed by atoms with Crippen molar-refractivity contribution < 1.29 is 29.4 Å². The van der Waals surface area contributed by atoms with Crippen LogP contribution in [0, 0.1) is 16.0 Å². The van der Waals surface area contributed by atoms with Gasteiger partial charge in [0.05, 0.1) is 0 Å². The Morgan fingerprint density at radius 3 is 2.34 bits per heavy atom. The summed E-state index contributed by atoms with van der Waals surface area (Å²) in [6, 6.07) is 6.50. The minimum absolute atomic E-state index is 0.0995. The van der Waals surface area contributed by atoms with Gasteiger partial charge < -0.3 is 25.3 Å². The molecule has 162 valence electrons. The summed E-state index contributed by atoms with van der Waals surface area (Å²) in [6.07, 6.45) is -0.896. The van der Waals surface area contributed by atoms with Crippen LogP contribution in [0.4, 0.5) is 5.69 Å². The molecule has 1 amide bonds. The Kier molecular flexibility index (Phi) is 9.49. The summed E-state index contributed by atoms with van der Waals surface area (Å²) in [4.78, 5) is 38.0. The molecule has 0 aliphatic rings. The molecule has 10 heteroatoms. The number of aliphatic hydroxyl groups is 1. The summed E-state index contributed by atoms with van der Waals surface area (Å²) < 4.78 is 5.52. The zero-order valence-electron chi connectivity index (χ0n) is 17.1. The molecule has 0 saturated heterocycles. The fraction of sp³-hybridized carbons (Fsp3) is 0.579. The van der Waals surface area contributed by atoms with Crippen LogP contribution in [0.1, 0.15) is 34.1 Å². The third-order valence-electron chi connectivity index (χ3n) is 3.84. The second kappa shape index (κ2) is 11.3. The van der Waals surface area contributed by atoms with E-state index in [1.54, 1.807) is 24.3 Å². The lowest BCUT2D eigenvalue weighted by atomic mass is 10.0. The first kappa shape index (κ1) is 24.3. The smallest absolute Gasteiger partial charge is 0.294 e. The van der Waals surface area contributed by atoms with Crippen LogP contribution in [0.5, 0.6) is 5.75 Å². The number of hydrogen-bond acceptors (Lipinski definition) is 8. The molecule has 2 atom stereocenters. The van der Waals surface area contributed by atoms with Gasteiger partial charge in [0.2, 0.25) is 5.91 Å². The first-order valence-corrected chi connectivity index (χ1v) is 9.20. The molecule has 0 aromatic heterocycles. The molecule has 0 aliphatic heterocycles. The quantitative estimate of drug-likeness (QED) is 0.348. The Hall–Kier alpha value is -2.72. The molecule has 0 saturated carbocycles. The Balaban J connectivity index is 2.47. The number of nitrogens with zero attached hydrogens (tertiary/aromatic N) is 1. The maximum Gasteiger partial charge on any atom is 0.294 e. The van der Waals surface area contributed by atoms with E-state index in [4.69, 9.17) is 4.74 Å². The largest absolute Gasteiger partial charge is 0.491 e. The van der Waals surface area contributed by atoms with E-state index in [2.05, 4.69) is 15.5 Å². The Morgan fingerprint density at radius 1 is 1.21 bits per heavy atom. The highest BCUT2D eigenvalue weighted by molar-refractivity contribution is 5.94. The minimum atomic E-state index is -0.997. The third kappa shape index (κ3) is 11.0. The number of aliphatic hydroxyl groups excluding tert-OH is 1. The minimum Gasteiger partial charge on any atom is -0.491 e. The number of anilines is 1. The predicted octanol–water partition coefficient (Wildman–Crippen LogP) is 1.56. The lowest BCUT2D eigenvalue weighted by Crippen LogP contribution is -2.42. The van der Waals surface area contributed by atoms with Gasteiger partial charge in [-0.25, -0.2) is 0 Å². The summed E-state index contributed by atoms with van der Waals surface area (Å²) in [7, 11) is 0. The molecule has 29 heavy (non-hydrogen) atoms. The van der Waals surface area contributed by atoms with E-state index in [0.717, 1.165) is 0 Å². The fourth-order valence-corrected chi connectivity index (χ4v) is 2.22. The van der Waals surface area contributed by atoms with Gasteiger partial charge in [0.1, 0.15) is 30.9 Å². The highest BCUT2D eigenvalue weighted by Gasteiger charge is 2.20. The Labute approximate surface area is 169 Å². The molecule has 2 unspecified atom stereocenters. The topological polar surface area (TPSA) is 140 Å². The lowest BCUT2D eigenvalue weighted by molar-refractivity contribution is -0.758. The SMILES string of the molecule is CC(=O)C(CO[N+](=O)[O-])CC(=O)Nc1ccc(OCC(O)CNC(C)(C)C)cc1. The van der Waals surface area contributed by atoms with E-state index in [1.807, 2.05) is 20.8 Å². The highest BCUT2D eigenvalue weighted by Crippen LogP contribution is 2.17. The Morgan fingerprint density at radius 2 is 1.83 bits per heavy atom. The molecule has 0 heterocycles.